The van der Waals surface area contributed by atoms with E-state index in [-0.39, 0.29) is 0 Å². The van der Waals surface area contributed by atoms with Crippen LogP contribution in [0, 0.1) is 5.92 Å². The highest BCUT2D eigenvalue weighted by atomic mass is 32.2. The third-order valence-electron chi connectivity index (χ3n) is 3.82. The van der Waals surface area contributed by atoms with Gasteiger partial charge in [-0.3, -0.25) is 0 Å². The lowest BCUT2D eigenvalue weighted by Crippen LogP contribution is -2.51. The Morgan fingerprint density at radius 3 is 2.93 bits per heavy atom. The van der Waals surface area contributed by atoms with Crippen molar-refractivity contribution in [1.82, 2.24) is 10.2 Å². The predicted molar refractivity (Wildman–Crippen MR) is 68.6 cm³/mol. The fourth-order valence-corrected chi connectivity index (χ4v) is 3.12. The molecule has 15 heavy (non-hydrogen) atoms. The zero-order chi connectivity index (χ0) is 10.7. The zero-order valence-corrected chi connectivity index (χ0v) is 10.9. The van der Waals surface area contributed by atoms with Crippen LogP contribution in [0.3, 0.4) is 0 Å². The fraction of sp³-hybridized carbons (Fsp3) is 1.00. The van der Waals surface area contributed by atoms with Crippen molar-refractivity contribution in [3.63, 3.8) is 0 Å². The highest BCUT2D eigenvalue weighted by molar-refractivity contribution is 7.98. The molecule has 0 aromatic heterocycles. The van der Waals surface area contributed by atoms with Crippen molar-refractivity contribution in [2.45, 2.75) is 31.7 Å². The van der Waals surface area contributed by atoms with Crippen molar-refractivity contribution >= 4 is 11.8 Å². The van der Waals surface area contributed by atoms with Gasteiger partial charge in [0.25, 0.3) is 0 Å². The maximum absolute atomic E-state index is 3.78. The summed E-state index contributed by atoms with van der Waals surface area (Å²) < 4.78 is 0. The Balaban J connectivity index is 1.89. The summed E-state index contributed by atoms with van der Waals surface area (Å²) in [6, 6.07) is 0. The lowest BCUT2D eigenvalue weighted by atomic mass is 9.95. The first-order valence-electron chi connectivity index (χ1n) is 6.21. The summed E-state index contributed by atoms with van der Waals surface area (Å²) in [5.74, 6) is 2.23. The molecule has 3 heteroatoms. The summed E-state index contributed by atoms with van der Waals surface area (Å²) >= 11 is 1.96. The summed E-state index contributed by atoms with van der Waals surface area (Å²) in [5.41, 5.74) is 0.412. The summed E-state index contributed by atoms with van der Waals surface area (Å²) in [6.07, 6.45) is 6.41. The molecule has 0 aromatic carbocycles. The van der Waals surface area contributed by atoms with Gasteiger partial charge in [0.05, 0.1) is 0 Å². The Hall–Kier alpha value is 0.270. The fourth-order valence-electron chi connectivity index (χ4n) is 2.68. The Labute approximate surface area is 98.2 Å². The molecule has 88 valence electrons. The standard InChI is InChI=1S/C12H24N2S/c1-12(11-4-5-11)10-14(8-9-15-2)7-3-6-13-12/h11,13H,3-10H2,1-2H3. The van der Waals surface area contributed by atoms with E-state index in [2.05, 4.69) is 23.4 Å². The lowest BCUT2D eigenvalue weighted by molar-refractivity contribution is 0.210. The molecule has 0 bridgehead atoms. The first kappa shape index (κ1) is 11.7. The number of nitrogens with zero attached hydrogens (tertiary/aromatic N) is 1. The molecule has 1 unspecified atom stereocenters. The van der Waals surface area contributed by atoms with Gasteiger partial charge in [-0.05, 0) is 51.4 Å². The second-order valence-corrected chi connectivity index (χ2v) is 6.23. The van der Waals surface area contributed by atoms with E-state index >= 15 is 0 Å². The molecule has 1 heterocycles. The van der Waals surface area contributed by atoms with Crippen LogP contribution in [0.5, 0.6) is 0 Å². The molecule has 2 aliphatic rings. The molecule has 1 atom stereocenters. The van der Waals surface area contributed by atoms with Gasteiger partial charge in [-0.2, -0.15) is 11.8 Å². The van der Waals surface area contributed by atoms with Crippen LogP contribution in [-0.2, 0) is 0 Å². The minimum absolute atomic E-state index is 0.412. The normalized spacial score (nSPS) is 34.0. The molecule has 0 spiro atoms. The maximum Gasteiger partial charge on any atom is 0.0308 e. The van der Waals surface area contributed by atoms with Gasteiger partial charge in [0.1, 0.15) is 0 Å². The number of rotatable bonds is 4. The monoisotopic (exact) mass is 228 g/mol. The highest BCUT2D eigenvalue weighted by Crippen LogP contribution is 2.40. The summed E-state index contributed by atoms with van der Waals surface area (Å²) in [6.45, 7) is 7.46. The first-order chi connectivity index (χ1) is 7.24. The topological polar surface area (TPSA) is 15.3 Å². The molecule has 2 rings (SSSR count). The SMILES string of the molecule is CSCCN1CCCNC(C)(C2CC2)C1. The second-order valence-electron chi connectivity index (χ2n) is 5.24. The molecule has 2 fully saturated rings. The van der Waals surface area contributed by atoms with Crippen molar-refractivity contribution in [2.24, 2.45) is 5.92 Å². The van der Waals surface area contributed by atoms with Crippen LogP contribution in [0.1, 0.15) is 26.2 Å². The third-order valence-corrected chi connectivity index (χ3v) is 4.41. The molecular formula is C12H24N2S. The third kappa shape index (κ3) is 3.11. The molecule has 0 aromatic rings. The minimum atomic E-state index is 0.412. The van der Waals surface area contributed by atoms with E-state index in [0.717, 1.165) is 5.92 Å². The molecule has 1 saturated carbocycles. The molecule has 0 amide bonds. The van der Waals surface area contributed by atoms with Crippen LogP contribution in [0.25, 0.3) is 0 Å². The van der Waals surface area contributed by atoms with Crippen molar-refractivity contribution in [2.75, 3.05) is 38.2 Å². The molecule has 1 aliphatic heterocycles. The van der Waals surface area contributed by atoms with Crippen LogP contribution < -0.4 is 5.32 Å². The van der Waals surface area contributed by atoms with E-state index in [1.807, 2.05) is 11.8 Å². The molecule has 0 radical (unpaired) electrons. The van der Waals surface area contributed by atoms with E-state index in [4.69, 9.17) is 0 Å². The van der Waals surface area contributed by atoms with E-state index in [0.29, 0.717) is 5.54 Å². The van der Waals surface area contributed by atoms with Gasteiger partial charge < -0.3 is 10.2 Å². The number of hydrogen-bond acceptors (Lipinski definition) is 3. The second kappa shape index (κ2) is 5.07. The Bertz CT molecular complexity index is 206. The summed E-state index contributed by atoms with van der Waals surface area (Å²) in [5, 5.41) is 3.78. The molecule has 2 nitrogen and oxygen atoms in total. The largest absolute Gasteiger partial charge is 0.310 e. The van der Waals surface area contributed by atoms with Crippen molar-refractivity contribution in [3.8, 4) is 0 Å². The maximum atomic E-state index is 3.78. The van der Waals surface area contributed by atoms with E-state index < -0.39 is 0 Å². The van der Waals surface area contributed by atoms with Crippen LogP contribution in [0.2, 0.25) is 0 Å². The quantitative estimate of drug-likeness (QED) is 0.790. The highest BCUT2D eigenvalue weighted by Gasteiger charge is 2.42. The molecule has 1 aliphatic carbocycles. The van der Waals surface area contributed by atoms with Gasteiger partial charge in [0.15, 0.2) is 0 Å². The van der Waals surface area contributed by atoms with Crippen LogP contribution in [0.4, 0.5) is 0 Å². The minimum Gasteiger partial charge on any atom is -0.310 e. The Morgan fingerprint density at radius 1 is 1.47 bits per heavy atom. The van der Waals surface area contributed by atoms with E-state index in [1.165, 1.54) is 51.2 Å². The van der Waals surface area contributed by atoms with Crippen molar-refractivity contribution in [3.05, 3.63) is 0 Å². The smallest absolute Gasteiger partial charge is 0.0308 e. The van der Waals surface area contributed by atoms with Crippen LogP contribution in [-0.4, -0.2) is 48.6 Å². The summed E-state index contributed by atoms with van der Waals surface area (Å²) in [4.78, 5) is 2.66. The Kier molecular flexibility index (Phi) is 3.97. The van der Waals surface area contributed by atoms with Crippen LogP contribution >= 0.6 is 11.8 Å². The van der Waals surface area contributed by atoms with Gasteiger partial charge in [0, 0.05) is 24.4 Å². The average Bonchev–Trinajstić information content (AvgIpc) is 3.01. The van der Waals surface area contributed by atoms with Crippen molar-refractivity contribution in [1.29, 1.82) is 0 Å². The number of hydrogen-bond donors (Lipinski definition) is 1. The predicted octanol–water partition coefficient (Wildman–Crippen LogP) is 1.81. The lowest BCUT2D eigenvalue weighted by Gasteiger charge is -2.33. The molecular weight excluding hydrogens is 204 g/mol. The van der Waals surface area contributed by atoms with Gasteiger partial charge in [-0.25, -0.2) is 0 Å². The van der Waals surface area contributed by atoms with Gasteiger partial charge in [-0.15, -0.1) is 0 Å². The molecule has 1 saturated heterocycles. The molecule has 1 N–H and O–H groups in total. The first-order valence-corrected chi connectivity index (χ1v) is 7.60. The van der Waals surface area contributed by atoms with E-state index in [1.54, 1.807) is 0 Å². The van der Waals surface area contributed by atoms with Gasteiger partial charge in [-0.1, -0.05) is 0 Å². The zero-order valence-electron chi connectivity index (χ0n) is 10.1. The Morgan fingerprint density at radius 2 is 2.27 bits per heavy atom. The number of nitrogens with one attached hydrogen (secondary N) is 1. The summed E-state index contributed by atoms with van der Waals surface area (Å²) in [7, 11) is 0. The van der Waals surface area contributed by atoms with Gasteiger partial charge >= 0.3 is 0 Å². The van der Waals surface area contributed by atoms with E-state index in [9.17, 15) is 0 Å². The van der Waals surface area contributed by atoms with Gasteiger partial charge in [0.2, 0.25) is 0 Å². The number of thioether (sulfide) groups is 1. The van der Waals surface area contributed by atoms with Crippen LogP contribution in [0.15, 0.2) is 0 Å². The van der Waals surface area contributed by atoms with Crippen molar-refractivity contribution < 1.29 is 0 Å². The average molecular weight is 228 g/mol.